The number of carbonyl (C=O) groups is 1. The fourth-order valence-electron chi connectivity index (χ4n) is 2.17. The first-order chi connectivity index (χ1) is 11.2. The maximum absolute atomic E-state index is 12.2. The molecule has 0 aliphatic carbocycles. The predicted octanol–water partition coefficient (Wildman–Crippen LogP) is 3.35. The quantitative estimate of drug-likeness (QED) is 0.536. The number of rotatable bonds is 5. The van der Waals surface area contributed by atoms with Crippen LogP contribution >= 0.6 is 0 Å². The van der Waals surface area contributed by atoms with Gasteiger partial charge >= 0.3 is 0 Å². The van der Waals surface area contributed by atoms with E-state index in [-0.39, 0.29) is 12.3 Å². The lowest BCUT2D eigenvalue weighted by Crippen LogP contribution is -2.37. The zero-order valence-corrected chi connectivity index (χ0v) is 12.8. The monoisotopic (exact) mass is 305 g/mol. The highest BCUT2D eigenvalue weighted by atomic mass is 16.5. The van der Waals surface area contributed by atoms with Crippen LogP contribution in [0.1, 0.15) is 15.9 Å². The maximum atomic E-state index is 12.2. The highest BCUT2D eigenvalue weighted by Crippen LogP contribution is 2.17. The van der Waals surface area contributed by atoms with E-state index in [9.17, 15) is 4.79 Å². The molecule has 0 aliphatic rings. The molecule has 0 saturated heterocycles. The third-order valence-corrected chi connectivity index (χ3v) is 3.40. The van der Waals surface area contributed by atoms with E-state index >= 15 is 0 Å². The predicted molar refractivity (Wildman–Crippen MR) is 86.5 cm³/mol. The van der Waals surface area contributed by atoms with E-state index in [1.54, 1.807) is 23.2 Å². The minimum atomic E-state index is 0.0445. The highest BCUT2D eigenvalue weighted by molar-refractivity contribution is 5.94. The molecule has 0 spiro atoms. The third kappa shape index (κ3) is 4.01. The molecular formula is C19H17N2O2+. The van der Waals surface area contributed by atoms with Crippen LogP contribution in [0, 0.1) is 6.92 Å². The standard InChI is InChI=1S/C19H17N2O2/c1-15-7-9-17(10-8-15)23-19-14-21(12-11-20-19)13-18(22)16-5-3-2-4-6-16/h2-12,14H,13H2,1H3/q+1. The molecule has 0 bridgehead atoms. The van der Waals surface area contributed by atoms with Gasteiger partial charge in [-0.05, 0) is 19.1 Å². The summed E-state index contributed by atoms with van der Waals surface area (Å²) in [7, 11) is 0. The van der Waals surface area contributed by atoms with Gasteiger partial charge in [0.05, 0.1) is 6.20 Å². The number of aromatic nitrogens is 2. The van der Waals surface area contributed by atoms with Gasteiger partial charge in [0, 0.05) is 5.56 Å². The van der Waals surface area contributed by atoms with Crippen molar-refractivity contribution in [2.24, 2.45) is 0 Å². The average Bonchev–Trinajstić information content (AvgIpc) is 2.58. The Balaban J connectivity index is 1.72. The summed E-state index contributed by atoms with van der Waals surface area (Å²) in [5, 5.41) is 0. The number of hydrogen-bond donors (Lipinski definition) is 0. The highest BCUT2D eigenvalue weighted by Gasteiger charge is 2.13. The first kappa shape index (κ1) is 14.9. The Morgan fingerprint density at radius 2 is 1.83 bits per heavy atom. The summed E-state index contributed by atoms with van der Waals surface area (Å²) in [6.45, 7) is 2.27. The molecule has 0 aliphatic heterocycles. The Morgan fingerprint density at radius 3 is 2.57 bits per heavy atom. The molecule has 0 radical (unpaired) electrons. The first-order valence-corrected chi connectivity index (χ1v) is 7.38. The number of carbonyl (C=O) groups excluding carboxylic acids is 1. The summed E-state index contributed by atoms with van der Waals surface area (Å²) in [5.74, 6) is 1.22. The van der Waals surface area contributed by atoms with Gasteiger partial charge in [-0.1, -0.05) is 48.0 Å². The summed E-state index contributed by atoms with van der Waals surface area (Å²) in [4.78, 5) is 16.4. The fraction of sp³-hybridized carbons (Fsp3) is 0.105. The van der Waals surface area contributed by atoms with Crippen LogP contribution in [0.15, 0.2) is 73.2 Å². The molecule has 0 N–H and O–H groups in total. The Kier molecular flexibility index (Phi) is 4.43. The Bertz CT molecular complexity index is 799. The van der Waals surface area contributed by atoms with E-state index in [1.807, 2.05) is 61.5 Å². The van der Waals surface area contributed by atoms with Gasteiger partial charge in [0.1, 0.15) is 5.75 Å². The van der Waals surface area contributed by atoms with E-state index in [1.165, 1.54) is 5.56 Å². The molecule has 1 heterocycles. The van der Waals surface area contributed by atoms with Gasteiger partial charge in [0.25, 0.3) is 5.88 Å². The van der Waals surface area contributed by atoms with Crippen molar-refractivity contribution < 1.29 is 14.1 Å². The topological polar surface area (TPSA) is 43.1 Å². The number of aryl methyl sites for hydroxylation is 1. The molecule has 114 valence electrons. The number of ketones is 1. The molecule has 3 rings (SSSR count). The van der Waals surface area contributed by atoms with Crippen molar-refractivity contribution in [3.8, 4) is 11.6 Å². The van der Waals surface area contributed by atoms with Crippen molar-refractivity contribution in [2.75, 3.05) is 0 Å². The number of Topliss-reactive ketones (excluding diaryl/α,β-unsaturated/α-hetero) is 1. The Hall–Kier alpha value is -3.01. The largest absolute Gasteiger partial charge is 0.434 e. The van der Waals surface area contributed by atoms with Crippen molar-refractivity contribution >= 4 is 5.78 Å². The first-order valence-electron chi connectivity index (χ1n) is 7.38. The zero-order chi connectivity index (χ0) is 16.1. The van der Waals surface area contributed by atoms with Crippen molar-refractivity contribution in [3.05, 3.63) is 84.3 Å². The molecule has 2 aromatic carbocycles. The van der Waals surface area contributed by atoms with E-state index in [0.29, 0.717) is 11.4 Å². The lowest BCUT2D eigenvalue weighted by molar-refractivity contribution is -0.683. The van der Waals surface area contributed by atoms with Crippen LogP contribution in [0.25, 0.3) is 0 Å². The number of ether oxygens (including phenoxy) is 1. The van der Waals surface area contributed by atoms with Crippen molar-refractivity contribution in [1.82, 2.24) is 4.98 Å². The lowest BCUT2D eigenvalue weighted by atomic mass is 10.1. The van der Waals surface area contributed by atoms with Crippen molar-refractivity contribution in [1.29, 1.82) is 0 Å². The zero-order valence-electron chi connectivity index (χ0n) is 12.8. The molecule has 0 fully saturated rings. The molecule has 0 atom stereocenters. The molecule has 4 heteroatoms. The van der Waals surface area contributed by atoms with Crippen LogP contribution in [-0.2, 0) is 6.54 Å². The second-order valence-corrected chi connectivity index (χ2v) is 5.27. The third-order valence-electron chi connectivity index (χ3n) is 3.40. The minimum Gasteiger partial charge on any atom is -0.434 e. The molecule has 4 nitrogen and oxygen atoms in total. The van der Waals surface area contributed by atoms with Gasteiger partial charge in [-0.2, -0.15) is 4.57 Å². The number of hydrogen-bond acceptors (Lipinski definition) is 3. The Labute approximate surface area is 135 Å². The van der Waals surface area contributed by atoms with Crippen LogP contribution in [-0.4, -0.2) is 10.8 Å². The van der Waals surface area contributed by atoms with Gasteiger partial charge in [0.2, 0.25) is 18.5 Å². The fourth-order valence-corrected chi connectivity index (χ4v) is 2.17. The number of nitrogens with zero attached hydrogens (tertiary/aromatic N) is 2. The second-order valence-electron chi connectivity index (χ2n) is 5.27. The van der Waals surface area contributed by atoms with E-state index in [2.05, 4.69) is 4.98 Å². The van der Waals surface area contributed by atoms with Gasteiger partial charge in [0.15, 0.2) is 6.20 Å². The second kappa shape index (κ2) is 6.83. The summed E-state index contributed by atoms with van der Waals surface area (Å²) >= 11 is 0. The van der Waals surface area contributed by atoms with E-state index in [4.69, 9.17) is 4.74 Å². The summed E-state index contributed by atoms with van der Waals surface area (Å²) in [5.41, 5.74) is 1.86. The normalized spacial score (nSPS) is 10.3. The SMILES string of the molecule is Cc1ccc(Oc2c[n+](CC(=O)c3ccccc3)ccn2)cc1. The Morgan fingerprint density at radius 1 is 1.09 bits per heavy atom. The maximum Gasteiger partial charge on any atom is 0.285 e. The lowest BCUT2D eigenvalue weighted by Gasteiger charge is -2.04. The van der Waals surface area contributed by atoms with Gasteiger partial charge in [-0.15, -0.1) is 0 Å². The van der Waals surface area contributed by atoms with Crippen LogP contribution in [0.5, 0.6) is 11.6 Å². The molecule has 3 aromatic rings. The molecule has 23 heavy (non-hydrogen) atoms. The van der Waals surface area contributed by atoms with Gasteiger partial charge in [-0.3, -0.25) is 4.79 Å². The minimum absolute atomic E-state index is 0.0445. The van der Waals surface area contributed by atoms with Crippen LogP contribution in [0.3, 0.4) is 0 Å². The van der Waals surface area contributed by atoms with E-state index < -0.39 is 0 Å². The van der Waals surface area contributed by atoms with Crippen LogP contribution < -0.4 is 9.30 Å². The number of benzene rings is 2. The van der Waals surface area contributed by atoms with Gasteiger partial charge in [-0.25, -0.2) is 4.98 Å². The van der Waals surface area contributed by atoms with Crippen LogP contribution in [0.2, 0.25) is 0 Å². The van der Waals surface area contributed by atoms with E-state index in [0.717, 1.165) is 5.75 Å². The van der Waals surface area contributed by atoms with Gasteiger partial charge < -0.3 is 4.74 Å². The smallest absolute Gasteiger partial charge is 0.285 e. The molecular weight excluding hydrogens is 288 g/mol. The molecule has 1 aromatic heterocycles. The molecule has 0 saturated carbocycles. The molecule has 0 unspecified atom stereocenters. The van der Waals surface area contributed by atoms with Crippen molar-refractivity contribution in [3.63, 3.8) is 0 Å². The average molecular weight is 305 g/mol. The summed E-state index contributed by atoms with van der Waals surface area (Å²) in [6, 6.07) is 17.0. The summed E-state index contributed by atoms with van der Waals surface area (Å²) < 4.78 is 7.49. The van der Waals surface area contributed by atoms with Crippen LogP contribution in [0.4, 0.5) is 0 Å². The van der Waals surface area contributed by atoms with Crippen molar-refractivity contribution in [2.45, 2.75) is 13.5 Å². The summed E-state index contributed by atoms with van der Waals surface area (Å²) in [6.07, 6.45) is 5.10. The molecule has 0 amide bonds.